The molecule has 5 nitrogen and oxygen atoms in total. The van der Waals surface area contributed by atoms with Gasteiger partial charge in [0.25, 0.3) is 0 Å². The van der Waals surface area contributed by atoms with Crippen LogP contribution in [0.4, 0.5) is 4.39 Å². The zero-order chi connectivity index (χ0) is 15.8. The number of halogens is 2. The number of nitrogens with zero attached hydrogens (tertiary/aromatic N) is 4. The standard InChI is InChI=1S/C14H13ClFN5S2/c15-9-3-1-4-10(16)8(9)7-22-14-20-21-12(11-5-2-6-17-11)18-19-13(21)23-14/h1,3-4,11,17H,2,5-7H2. The van der Waals surface area contributed by atoms with Crippen LogP contribution < -0.4 is 5.32 Å². The van der Waals surface area contributed by atoms with Crippen molar-refractivity contribution in [3.05, 3.63) is 40.4 Å². The number of hydrogen-bond acceptors (Lipinski definition) is 6. The summed E-state index contributed by atoms with van der Waals surface area (Å²) in [5, 5.41) is 16.8. The van der Waals surface area contributed by atoms with Gasteiger partial charge in [0.2, 0.25) is 4.96 Å². The molecule has 1 fully saturated rings. The Morgan fingerprint density at radius 1 is 1.43 bits per heavy atom. The first-order chi connectivity index (χ1) is 11.2. The number of thioether (sulfide) groups is 1. The molecular formula is C14H13ClFN5S2. The first-order valence-electron chi connectivity index (χ1n) is 7.23. The van der Waals surface area contributed by atoms with Gasteiger partial charge in [0.1, 0.15) is 5.82 Å². The first kappa shape index (κ1) is 15.3. The highest BCUT2D eigenvalue weighted by Gasteiger charge is 2.23. The second-order valence-corrected chi connectivity index (χ2v) is 7.84. The number of hydrogen-bond donors (Lipinski definition) is 1. The van der Waals surface area contributed by atoms with Crippen molar-refractivity contribution in [1.29, 1.82) is 0 Å². The summed E-state index contributed by atoms with van der Waals surface area (Å²) in [6.07, 6.45) is 2.18. The summed E-state index contributed by atoms with van der Waals surface area (Å²) in [4.78, 5) is 0.760. The van der Waals surface area contributed by atoms with Gasteiger partial charge in [0.05, 0.1) is 6.04 Å². The van der Waals surface area contributed by atoms with E-state index in [1.165, 1.54) is 29.2 Å². The molecule has 4 rings (SSSR count). The lowest BCUT2D eigenvalue weighted by Gasteiger charge is -2.05. The van der Waals surface area contributed by atoms with Crippen LogP contribution in [0, 0.1) is 5.82 Å². The quantitative estimate of drug-likeness (QED) is 0.711. The Kier molecular flexibility index (Phi) is 4.23. The molecule has 120 valence electrons. The van der Waals surface area contributed by atoms with Crippen LogP contribution in [-0.2, 0) is 5.75 Å². The summed E-state index contributed by atoms with van der Waals surface area (Å²) in [6.45, 7) is 0.997. The van der Waals surface area contributed by atoms with Gasteiger partial charge in [-0.05, 0) is 31.5 Å². The minimum atomic E-state index is -0.288. The topological polar surface area (TPSA) is 55.1 Å². The maximum atomic E-state index is 13.8. The van der Waals surface area contributed by atoms with Crippen molar-refractivity contribution in [2.75, 3.05) is 6.54 Å². The Morgan fingerprint density at radius 3 is 3.13 bits per heavy atom. The van der Waals surface area contributed by atoms with Crippen molar-refractivity contribution in [2.24, 2.45) is 0 Å². The van der Waals surface area contributed by atoms with Crippen molar-refractivity contribution in [2.45, 2.75) is 29.0 Å². The fourth-order valence-corrected chi connectivity index (χ4v) is 4.83. The molecule has 1 N–H and O–H groups in total. The van der Waals surface area contributed by atoms with E-state index in [1.54, 1.807) is 16.6 Å². The molecule has 1 aliphatic rings. The predicted octanol–water partition coefficient (Wildman–Crippen LogP) is 3.70. The van der Waals surface area contributed by atoms with E-state index < -0.39 is 0 Å². The molecule has 3 aromatic rings. The van der Waals surface area contributed by atoms with Gasteiger partial charge in [-0.15, -0.1) is 15.3 Å². The number of nitrogens with one attached hydrogen (secondary N) is 1. The Hall–Kier alpha value is -1.22. The Morgan fingerprint density at radius 2 is 2.35 bits per heavy atom. The molecule has 9 heteroatoms. The fraction of sp³-hybridized carbons (Fsp3) is 0.357. The van der Waals surface area contributed by atoms with Crippen LogP contribution in [0.1, 0.15) is 30.3 Å². The summed E-state index contributed by atoms with van der Waals surface area (Å²) >= 11 is 8.97. The molecule has 0 bridgehead atoms. The van der Waals surface area contributed by atoms with Gasteiger partial charge in [0, 0.05) is 16.3 Å². The number of rotatable bonds is 4. The van der Waals surface area contributed by atoms with Crippen molar-refractivity contribution in [3.8, 4) is 0 Å². The lowest BCUT2D eigenvalue weighted by atomic mass is 10.2. The third-order valence-electron chi connectivity index (χ3n) is 3.77. The molecule has 2 aromatic heterocycles. The van der Waals surface area contributed by atoms with E-state index in [9.17, 15) is 4.39 Å². The highest BCUT2D eigenvalue weighted by atomic mass is 35.5. The Bertz CT molecular complexity index is 823. The van der Waals surface area contributed by atoms with Crippen LogP contribution in [0.5, 0.6) is 0 Å². The summed E-state index contributed by atoms with van der Waals surface area (Å²) in [7, 11) is 0. The van der Waals surface area contributed by atoms with E-state index in [1.807, 2.05) is 0 Å². The summed E-state index contributed by atoms with van der Waals surface area (Å²) in [5.41, 5.74) is 0.503. The monoisotopic (exact) mass is 369 g/mol. The van der Waals surface area contributed by atoms with Crippen molar-refractivity contribution < 1.29 is 4.39 Å². The van der Waals surface area contributed by atoms with E-state index in [2.05, 4.69) is 20.6 Å². The molecule has 1 aliphatic heterocycles. The Labute approximate surface area is 145 Å². The van der Waals surface area contributed by atoms with E-state index >= 15 is 0 Å². The van der Waals surface area contributed by atoms with Gasteiger partial charge in [-0.1, -0.05) is 40.8 Å². The van der Waals surface area contributed by atoms with E-state index in [4.69, 9.17) is 11.6 Å². The molecule has 0 saturated carbocycles. The minimum Gasteiger partial charge on any atom is -0.307 e. The number of fused-ring (bicyclic) bond motifs is 1. The summed E-state index contributed by atoms with van der Waals surface area (Å²) in [6, 6.07) is 4.94. The molecule has 1 aromatic carbocycles. The molecule has 1 atom stereocenters. The van der Waals surface area contributed by atoms with Crippen molar-refractivity contribution in [1.82, 2.24) is 25.1 Å². The smallest absolute Gasteiger partial charge is 0.235 e. The zero-order valence-electron chi connectivity index (χ0n) is 12.0. The molecule has 3 heterocycles. The molecule has 0 spiro atoms. The highest BCUT2D eigenvalue weighted by Crippen LogP contribution is 2.32. The molecular weight excluding hydrogens is 357 g/mol. The van der Waals surface area contributed by atoms with Crippen LogP contribution in [0.2, 0.25) is 5.02 Å². The maximum Gasteiger partial charge on any atom is 0.235 e. The average Bonchev–Trinajstić information content (AvgIpc) is 3.22. The Balaban J connectivity index is 1.56. The molecule has 0 aliphatic carbocycles. The van der Waals surface area contributed by atoms with Gasteiger partial charge >= 0.3 is 0 Å². The van der Waals surface area contributed by atoms with E-state index in [-0.39, 0.29) is 11.9 Å². The van der Waals surface area contributed by atoms with Gasteiger partial charge in [-0.2, -0.15) is 4.52 Å². The first-order valence-corrected chi connectivity index (χ1v) is 9.41. The van der Waals surface area contributed by atoms with Gasteiger partial charge < -0.3 is 5.32 Å². The van der Waals surface area contributed by atoms with Crippen LogP contribution in [-0.4, -0.2) is 26.4 Å². The highest BCUT2D eigenvalue weighted by molar-refractivity contribution is 8.00. The summed E-state index contributed by atoms with van der Waals surface area (Å²) in [5.74, 6) is 1.00. The molecule has 23 heavy (non-hydrogen) atoms. The number of benzene rings is 1. The molecule has 0 radical (unpaired) electrons. The van der Waals surface area contributed by atoms with Gasteiger partial charge in [0.15, 0.2) is 10.2 Å². The maximum absolute atomic E-state index is 13.8. The van der Waals surface area contributed by atoms with Crippen LogP contribution in [0.25, 0.3) is 4.96 Å². The fourth-order valence-electron chi connectivity index (χ4n) is 2.60. The largest absolute Gasteiger partial charge is 0.307 e. The van der Waals surface area contributed by atoms with Crippen LogP contribution in [0.15, 0.2) is 22.5 Å². The third-order valence-corrected chi connectivity index (χ3v) is 6.18. The van der Waals surface area contributed by atoms with E-state index in [0.29, 0.717) is 16.3 Å². The molecule has 1 saturated heterocycles. The van der Waals surface area contributed by atoms with E-state index in [0.717, 1.165) is 34.5 Å². The van der Waals surface area contributed by atoms with Crippen LogP contribution >= 0.6 is 34.7 Å². The lowest BCUT2D eigenvalue weighted by molar-refractivity contribution is 0.582. The average molecular weight is 370 g/mol. The van der Waals surface area contributed by atoms with Gasteiger partial charge in [-0.25, -0.2) is 4.39 Å². The zero-order valence-corrected chi connectivity index (χ0v) is 14.4. The predicted molar refractivity (Wildman–Crippen MR) is 89.6 cm³/mol. The molecule has 1 unspecified atom stereocenters. The second kappa shape index (κ2) is 6.35. The molecule has 0 amide bonds. The SMILES string of the molecule is Fc1cccc(Cl)c1CSc1nn2c(C3CCCN3)nnc2s1. The third kappa shape index (κ3) is 2.96. The summed E-state index contributed by atoms with van der Waals surface area (Å²) < 4.78 is 16.4. The van der Waals surface area contributed by atoms with Crippen LogP contribution in [0.3, 0.4) is 0 Å². The number of aromatic nitrogens is 4. The normalized spacial score (nSPS) is 18.1. The van der Waals surface area contributed by atoms with Crippen molar-refractivity contribution >= 4 is 39.7 Å². The lowest BCUT2D eigenvalue weighted by Crippen LogP contribution is -2.16. The van der Waals surface area contributed by atoms with Gasteiger partial charge in [-0.3, -0.25) is 0 Å². The second-order valence-electron chi connectivity index (χ2n) is 5.26. The minimum absolute atomic E-state index is 0.214. The van der Waals surface area contributed by atoms with Crippen molar-refractivity contribution in [3.63, 3.8) is 0 Å².